The van der Waals surface area contributed by atoms with Crippen molar-refractivity contribution in [3.05, 3.63) is 53.9 Å². The van der Waals surface area contributed by atoms with Gasteiger partial charge in [0.25, 0.3) is 0 Å². The second-order valence-corrected chi connectivity index (χ2v) is 9.58. The van der Waals surface area contributed by atoms with E-state index in [1.54, 1.807) is 7.11 Å². The van der Waals surface area contributed by atoms with Crippen molar-refractivity contribution >= 4 is 22.4 Å². The van der Waals surface area contributed by atoms with Crippen LogP contribution in [-0.4, -0.2) is 43.3 Å². The number of aromatic nitrogens is 2. The Morgan fingerprint density at radius 3 is 2.24 bits per heavy atom. The maximum absolute atomic E-state index is 5.64. The van der Waals surface area contributed by atoms with E-state index in [1.165, 1.54) is 42.3 Å². The van der Waals surface area contributed by atoms with Crippen molar-refractivity contribution in [1.29, 1.82) is 0 Å². The molecule has 5 nitrogen and oxygen atoms in total. The van der Waals surface area contributed by atoms with Gasteiger partial charge in [0.05, 0.1) is 12.6 Å². The number of benzene rings is 2. The van der Waals surface area contributed by atoms with Gasteiger partial charge in [-0.25, -0.2) is 9.97 Å². The summed E-state index contributed by atoms with van der Waals surface area (Å²) in [4.78, 5) is 15.1. The summed E-state index contributed by atoms with van der Waals surface area (Å²) in [6, 6.07) is 15.3. The highest BCUT2D eigenvalue weighted by Crippen LogP contribution is 2.42. The Morgan fingerprint density at radius 2 is 1.53 bits per heavy atom. The van der Waals surface area contributed by atoms with Gasteiger partial charge in [0.1, 0.15) is 17.4 Å². The lowest BCUT2D eigenvalue weighted by molar-refractivity contribution is 0.397. The standard InChI is InChI=1S/C27H32N4O.C2H6/c1-32-25-7-3-2-6-22(25)19-12-16-31(17-13-19)27-23-18-21(30-14-4-5-15-30)10-11-24(23)28-26(29-27)20-8-9-20;1-2/h2-3,6-7,10-11,18-20H,4-5,8-9,12-17H2,1H3;1-2H3. The van der Waals surface area contributed by atoms with Gasteiger partial charge >= 0.3 is 0 Å². The van der Waals surface area contributed by atoms with Crippen molar-refractivity contribution in [2.45, 2.75) is 64.2 Å². The molecule has 0 radical (unpaired) electrons. The molecule has 0 unspecified atom stereocenters. The third kappa shape index (κ3) is 4.57. The Bertz CT molecular complexity index is 1110. The minimum Gasteiger partial charge on any atom is -0.496 e. The molecule has 6 rings (SSSR count). The molecular weight excluding hydrogens is 420 g/mol. The van der Waals surface area contributed by atoms with Crippen LogP contribution in [0, 0.1) is 0 Å². The normalized spacial score (nSPS) is 18.7. The van der Waals surface area contributed by atoms with Crippen LogP contribution in [-0.2, 0) is 0 Å². The first-order valence-corrected chi connectivity index (χ1v) is 13.2. The van der Waals surface area contributed by atoms with Crippen LogP contribution in [0.3, 0.4) is 0 Å². The molecule has 0 spiro atoms. The van der Waals surface area contributed by atoms with Gasteiger partial charge in [-0.15, -0.1) is 0 Å². The minimum atomic E-state index is 0.540. The molecule has 2 saturated heterocycles. The Hall–Kier alpha value is -2.82. The lowest BCUT2D eigenvalue weighted by Gasteiger charge is -2.34. The molecule has 2 aromatic carbocycles. The number of anilines is 2. The lowest BCUT2D eigenvalue weighted by Crippen LogP contribution is -2.34. The fraction of sp³-hybridized carbons (Fsp3) is 0.517. The summed E-state index contributed by atoms with van der Waals surface area (Å²) in [6.07, 6.45) is 7.28. The Kier molecular flexibility index (Phi) is 6.89. The maximum Gasteiger partial charge on any atom is 0.140 e. The van der Waals surface area contributed by atoms with Gasteiger partial charge in [-0.2, -0.15) is 0 Å². The van der Waals surface area contributed by atoms with Crippen molar-refractivity contribution < 1.29 is 4.74 Å². The molecule has 1 aliphatic carbocycles. The topological polar surface area (TPSA) is 41.5 Å². The molecule has 0 bridgehead atoms. The molecule has 1 saturated carbocycles. The zero-order valence-electron chi connectivity index (χ0n) is 21.0. The smallest absolute Gasteiger partial charge is 0.140 e. The molecule has 5 heteroatoms. The molecule has 180 valence electrons. The Morgan fingerprint density at radius 1 is 0.794 bits per heavy atom. The molecule has 0 atom stereocenters. The van der Waals surface area contributed by atoms with Crippen LogP contribution in [0.1, 0.15) is 75.6 Å². The van der Waals surface area contributed by atoms with E-state index in [0.717, 1.165) is 61.9 Å². The SMILES string of the molecule is CC.COc1ccccc1C1CCN(c2nc(C3CC3)nc3ccc(N4CCCC4)cc23)CC1. The predicted molar refractivity (Wildman–Crippen MR) is 141 cm³/mol. The number of piperidine rings is 1. The van der Waals surface area contributed by atoms with Crippen LogP contribution in [0.2, 0.25) is 0 Å². The summed E-state index contributed by atoms with van der Waals surface area (Å²) in [5.74, 6) is 4.32. The number of para-hydroxylation sites is 1. The van der Waals surface area contributed by atoms with Gasteiger partial charge in [-0.05, 0) is 74.3 Å². The molecule has 2 aliphatic heterocycles. The highest BCUT2D eigenvalue weighted by molar-refractivity contribution is 5.92. The van der Waals surface area contributed by atoms with Gasteiger partial charge in [-0.3, -0.25) is 0 Å². The first-order chi connectivity index (χ1) is 16.8. The van der Waals surface area contributed by atoms with Crippen LogP contribution in [0.25, 0.3) is 10.9 Å². The van der Waals surface area contributed by atoms with Gasteiger partial charge in [0.2, 0.25) is 0 Å². The van der Waals surface area contributed by atoms with E-state index in [9.17, 15) is 0 Å². The van der Waals surface area contributed by atoms with E-state index in [-0.39, 0.29) is 0 Å². The number of hydrogen-bond acceptors (Lipinski definition) is 5. The average Bonchev–Trinajstić information content (AvgIpc) is 3.62. The predicted octanol–water partition coefficient (Wildman–Crippen LogP) is 6.53. The third-order valence-electron chi connectivity index (χ3n) is 7.46. The van der Waals surface area contributed by atoms with Crippen molar-refractivity contribution in [2.24, 2.45) is 0 Å². The highest BCUT2D eigenvalue weighted by Gasteiger charge is 2.30. The Balaban J connectivity index is 0.00000117. The summed E-state index contributed by atoms with van der Waals surface area (Å²) in [5, 5.41) is 1.22. The zero-order chi connectivity index (χ0) is 23.5. The summed E-state index contributed by atoms with van der Waals surface area (Å²) < 4.78 is 5.64. The van der Waals surface area contributed by atoms with E-state index in [2.05, 4.69) is 52.3 Å². The summed E-state index contributed by atoms with van der Waals surface area (Å²) in [5.41, 5.74) is 3.77. The van der Waals surface area contributed by atoms with Crippen LogP contribution in [0.15, 0.2) is 42.5 Å². The van der Waals surface area contributed by atoms with E-state index >= 15 is 0 Å². The van der Waals surface area contributed by atoms with Gasteiger partial charge in [0, 0.05) is 43.2 Å². The van der Waals surface area contributed by atoms with Crippen LogP contribution in [0.5, 0.6) is 5.75 Å². The van der Waals surface area contributed by atoms with E-state index < -0.39 is 0 Å². The van der Waals surface area contributed by atoms with Crippen molar-refractivity contribution in [2.75, 3.05) is 43.1 Å². The molecule has 1 aromatic heterocycles. The van der Waals surface area contributed by atoms with Gasteiger partial charge < -0.3 is 14.5 Å². The van der Waals surface area contributed by atoms with Crippen LogP contribution >= 0.6 is 0 Å². The zero-order valence-corrected chi connectivity index (χ0v) is 21.0. The molecule has 3 aromatic rings. The summed E-state index contributed by atoms with van der Waals surface area (Å²) in [6.45, 7) is 8.36. The first-order valence-electron chi connectivity index (χ1n) is 13.2. The highest BCUT2D eigenvalue weighted by atomic mass is 16.5. The first kappa shape index (κ1) is 22.9. The molecule has 0 N–H and O–H groups in total. The molecular formula is C29H38N4O. The third-order valence-corrected chi connectivity index (χ3v) is 7.46. The number of fused-ring (bicyclic) bond motifs is 1. The van der Waals surface area contributed by atoms with Gasteiger partial charge in [-0.1, -0.05) is 32.0 Å². The van der Waals surface area contributed by atoms with Crippen molar-refractivity contribution in [3.63, 3.8) is 0 Å². The number of hydrogen-bond donors (Lipinski definition) is 0. The number of ether oxygens (including phenoxy) is 1. The fourth-order valence-electron chi connectivity index (χ4n) is 5.46. The molecule has 0 amide bonds. The molecule has 3 heterocycles. The molecule has 3 aliphatic rings. The second-order valence-electron chi connectivity index (χ2n) is 9.58. The summed E-state index contributed by atoms with van der Waals surface area (Å²) >= 11 is 0. The monoisotopic (exact) mass is 458 g/mol. The maximum atomic E-state index is 5.64. The number of rotatable bonds is 5. The second kappa shape index (κ2) is 10.2. The number of nitrogens with zero attached hydrogens (tertiary/aromatic N) is 4. The largest absolute Gasteiger partial charge is 0.496 e. The van der Waals surface area contributed by atoms with Gasteiger partial charge in [0.15, 0.2) is 0 Å². The minimum absolute atomic E-state index is 0.540. The van der Waals surface area contributed by atoms with E-state index in [0.29, 0.717) is 11.8 Å². The van der Waals surface area contributed by atoms with Crippen LogP contribution < -0.4 is 14.5 Å². The Labute approximate surface area is 204 Å². The van der Waals surface area contributed by atoms with E-state index in [1.807, 2.05) is 13.8 Å². The number of methoxy groups -OCH3 is 1. The van der Waals surface area contributed by atoms with Crippen LogP contribution in [0.4, 0.5) is 11.5 Å². The van der Waals surface area contributed by atoms with Crippen molar-refractivity contribution in [1.82, 2.24) is 9.97 Å². The lowest BCUT2D eigenvalue weighted by atomic mass is 9.88. The average molecular weight is 459 g/mol. The molecule has 3 fully saturated rings. The summed E-state index contributed by atoms with van der Waals surface area (Å²) in [7, 11) is 1.78. The fourth-order valence-corrected chi connectivity index (χ4v) is 5.46. The quantitative estimate of drug-likeness (QED) is 0.435. The van der Waals surface area contributed by atoms with Crippen molar-refractivity contribution in [3.8, 4) is 5.75 Å². The van der Waals surface area contributed by atoms with E-state index in [4.69, 9.17) is 14.7 Å². The molecule has 34 heavy (non-hydrogen) atoms.